The molecule has 1 amide bonds. The Morgan fingerprint density at radius 2 is 2.23 bits per heavy atom. The number of imidazole rings is 1. The first-order valence-corrected chi connectivity index (χ1v) is 8.73. The lowest BCUT2D eigenvalue weighted by Gasteiger charge is -2.23. The molecule has 3 aromatic rings. The zero-order chi connectivity index (χ0) is 17.9. The number of rotatable bonds is 4. The lowest BCUT2D eigenvalue weighted by Crippen LogP contribution is -2.17. The molecular formula is C20H20N4O2. The number of amides is 1. The smallest absolute Gasteiger partial charge is 0.247 e. The van der Waals surface area contributed by atoms with Crippen LogP contribution in [-0.2, 0) is 9.53 Å². The van der Waals surface area contributed by atoms with Crippen molar-refractivity contribution >= 4 is 22.8 Å². The Morgan fingerprint density at radius 1 is 1.31 bits per heavy atom. The van der Waals surface area contributed by atoms with E-state index in [-0.39, 0.29) is 12.1 Å². The molecule has 1 fully saturated rings. The number of pyridine rings is 1. The normalized spacial score (nSPS) is 17.2. The standard InChI is InChI=1S/C20H20N4O2/c1-2-17(25)23-15-7-5-6-14(12-15)16-9-10-21-20-19(16)22-13-24(20)18-8-3-4-11-26-18/h2,5-7,9-10,12-13,18H,1,3-4,8,11H2,(H,23,25). The molecule has 2 aromatic heterocycles. The molecule has 6 nitrogen and oxygen atoms in total. The van der Waals surface area contributed by atoms with Crippen LogP contribution in [0.3, 0.4) is 0 Å². The summed E-state index contributed by atoms with van der Waals surface area (Å²) in [7, 11) is 0. The summed E-state index contributed by atoms with van der Waals surface area (Å²) in [6, 6.07) is 9.61. The summed E-state index contributed by atoms with van der Waals surface area (Å²) < 4.78 is 7.89. The maximum atomic E-state index is 11.6. The van der Waals surface area contributed by atoms with E-state index in [0.717, 1.165) is 48.2 Å². The second-order valence-electron chi connectivity index (χ2n) is 6.28. The number of fused-ring (bicyclic) bond motifs is 1. The molecule has 132 valence electrons. The highest BCUT2D eigenvalue weighted by Gasteiger charge is 2.20. The fourth-order valence-electron chi connectivity index (χ4n) is 3.28. The van der Waals surface area contributed by atoms with Crippen LogP contribution in [0, 0.1) is 0 Å². The number of aromatic nitrogens is 3. The van der Waals surface area contributed by atoms with E-state index in [9.17, 15) is 4.79 Å². The van der Waals surface area contributed by atoms with Crippen molar-refractivity contribution in [1.29, 1.82) is 0 Å². The van der Waals surface area contributed by atoms with Crippen LogP contribution in [0.25, 0.3) is 22.3 Å². The van der Waals surface area contributed by atoms with Gasteiger partial charge in [0, 0.05) is 24.1 Å². The van der Waals surface area contributed by atoms with Gasteiger partial charge in [0.25, 0.3) is 0 Å². The molecule has 4 rings (SSSR count). The topological polar surface area (TPSA) is 69.0 Å². The molecule has 0 spiro atoms. The van der Waals surface area contributed by atoms with Crippen LogP contribution in [0.4, 0.5) is 5.69 Å². The third kappa shape index (κ3) is 3.11. The minimum atomic E-state index is -0.235. The lowest BCUT2D eigenvalue weighted by molar-refractivity contribution is -0.111. The summed E-state index contributed by atoms with van der Waals surface area (Å²) in [5.74, 6) is -0.235. The Balaban J connectivity index is 1.73. The van der Waals surface area contributed by atoms with Crippen LogP contribution in [0.5, 0.6) is 0 Å². The van der Waals surface area contributed by atoms with Crippen molar-refractivity contribution in [2.75, 3.05) is 11.9 Å². The highest BCUT2D eigenvalue weighted by molar-refractivity contribution is 5.99. The van der Waals surface area contributed by atoms with Gasteiger partial charge in [0.05, 0.1) is 6.33 Å². The predicted molar refractivity (Wildman–Crippen MR) is 101 cm³/mol. The van der Waals surface area contributed by atoms with Crippen molar-refractivity contribution in [3.63, 3.8) is 0 Å². The molecule has 3 heterocycles. The molecule has 1 atom stereocenters. The van der Waals surface area contributed by atoms with Crippen LogP contribution in [-0.4, -0.2) is 27.0 Å². The summed E-state index contributed by atoms with van der Waals surface area (Å²) in [5.41, 5.74) is 4.30. The van der Waals surface area contributed by atoms with E-state index in [0.29, 0.717) is 5.69 Å². The molecule has 0 radical (unpaired) electrons. The van der Waals surface area contributed by atoms with Crippen molar-refractivity contribution in [3.8, 4) is 11.1 Å². The first-order chi connectivity index (χ1) is 12.8. The number of carbonyl (C=O) groups excluding carboxylic acids is 1. The second-order valence-corrected chi connectivity index (χ2v) is 6.28. The van der Waals surface area contributed by atoms with E-state index >= 15 is 0 Å². The Labute approximate surface area is 151 Å². The Hall–Kier alpha value is -2.99. The van der Waals surface area contributed by atoms with Gasteiger partial charge in [-0.1, -0.05) is 18.7 Å². The molecule has 1 saturated heterocycles. The Morgan fingerprint density at radius 3 is 3.04 bits per heavy atom. The van der Waals surface area contributed by atoms with Gasteiger partial charge in [0.15, 0.2) is 5.65 Å². The molecule has 1 aliphatic rings. The summed E-state index contributed by atoms with van der Waals surface area (Å²) in [6.07, 6.45) is 8.06. The molecule has 1 aliphatic heterocycles. The van der Waals surface area contributed by atoms with Crippen molar-refractivity contribution in [2.24, 2.45) is 0 Å². The molecule has 1 N–H and O–H groups in total. The summed E-state index contributed by atoms with van der Waals surface area (Å²) in [4.78, 5) is 20.7. The minimum Gasteiger partial charge on any atom is -0.358 e. The fraction of sp³-hybridized carbons (Fsp3) is 0.250. The van der Waals surface area contributed by atoms with Crippen LogP contribution >= 0.6 is 0 Å². The average Bonchev–Trinajstić information content (AvgIpc) is 3.13. The van der Waals surface area contributed by atoms with Crippen molar-refractivity contribution in [2.45, 2.75) is 25.5 Å². The van der Waals surface area contributed by atoms with E-state index in [1.54, 1.807) is 12.5 Å². The van der Waals surface area contributed by atoms with Crippen molar-refractivity contribution < 1.29 is 9.53 Å². The van der Waals surface area contributed by atoms with Gasteiger partial charge in [-0.25, -0.2) is 9.97 Å². The van der Waals surface area contributed by atoms with Gasteiger partial charge >= 0.3 is 0 Å². The van der Waals surface area contributed by atoms with Crippen LogP contribution in [0.15, 0.2) is 55.5 Å². The van der Waals surface area contributed by atoms with E-state index in [2.05, 4.69) is 21.9 Å². The van der Waals surface area contributed by atoms with Gasteiger partial charge in [0.2, 0.25) is 5.91 Å². The van der Waals surface area contributed by atoms with Crippen LogP contribution < -0.4 is 5.32 Å². The molecule has 1 aromatic carbocycles. The quantitative estimate of drug-likeness (QED) is 0.726. The van der Waals surface area contributed by atoms with Crippen LogP contribution in [0.2, 0.25) is 0 Å². The van der Waals surface area contributed by atoms with E-state index in [4.69, 9.17) is 4.74 Å². The number of carbonyl (C=O) groups is 1. The highest BCUT2D eigenvalue weighted by atomic mass is 16.5. The maximum Gasteiger partial charge on any atom is 0.247 e. The Kier molecular flexibility index (Phi) is 4.50. The first-order valence-electron chi connectivity index (χ1n) is 8.73. The van der Waals surface area contributed by atoms with E-state index in [1.807, 2.05) is 34.9 Å². The number of anilines is 1. The number of nitrogens with one attached hydrogen (secondary N) is 1. The number of nitrogens with zero attached hydrogens (tertiary/aromatic N) is 3. The number of hydrogen-bond donors (Lipinski definition) is 1. The maximum absolute atomic E-state index is 11.6. The van der Waals surface area contributed by atoms with Gasteiger partial charge in [-0.05, 0) is 49.1 Å². The highest BCUT2D eigenvalue weighted by Crippen LogP contribution is 2.31. The van der Waals surface area contributed by atoms with Gasteiger partial charge < -0.3 is 10.1 Å². The predicted octanol–water partition coefficient (Wildman–Crippen LogP) is 3.92. The fourth-order valence-corrected chi connectivity index (χ4v) is 3.28. The van der Waals surface area contributed by atoms with Gasteiger partial charge in [-0.2, -0.15) is 0 Å². The molecule has 6 heteroatoms. The van der Waals surface area contributed by atoms with Gasteiger partial charge in [-0.3, -0.25) is 9.36 Å². The molecule has 0 aliphatic carbocycles. The molecular weight excluding hydrogens is 328 g/mol. The van der Waals surface area contributed by atoms with E-state index in [1.165, 1.54) is 6.08 Å². The minimum absolute atomic E-state index is 0.00489. The summed E-state index contributed by atoms with van der Waals surface area (Å²) in [5, 5.41) is 2.79. The molecule has 0 bridgehead atoms. The zero-order valence-electron chi connectivity index (χ0n) is 14.4. The second kappa shape index (κ2) is 7.09. The number of benzene rings is 1. The summed E-state index contributed by atoms with van der Waals surface area (Å²) >= 11 is 0. The average molecular weight is 348 g/mol. The van der Waals surface area contributed by atoms with Crippen molar-refractivity contribution in [3.05, 3.63) is 55.5 Å². The Bertz CT molecular complexity index is 957. The van der Waals surface area contributed by atoms with Gasteiger partial charge in [0.1, 0.15) is 11.7 Å². The summed E-state index contributed by atoms with van der Waals surface area (Å²) in [6.45, 7) is 4.25. The van der Waals surface area contributed by atoms with Gasteiger partial charge in [-0.15, -0.1) is 0 Å². The number of hydrogen-bond acceptors (Lipinski definition) is 4. The third-order valence-electron chi connectivity index (χ3n) is 4.55. The molecule has 1 unspecified atom stereocenters. The van der Waals surface area contributed by atoms with E-state index < -0.39 is 0 Å². The monoisotopic (exact) mass is 348 g/mol. The zero-order valence-corrected chi connectivity index (χ0v) is 14.4. The SMILES string of the molecule is C=CC(=O)Nc1cccc(-c2ccnc3c2ncn3C2CCCCO2)c1. The number of ether oxygens (including phenoxy) is 1. The first kappa shape index (κ1) is 16.5. The molecule has 26 heavy (non-hydrogen) atoms. The van der Waals surface area contributed by atoms with Crippen LogP contribution in [0.1, 0.15) is 25.5 Å². The largest absolute Gasteiger partial charge is 0.358 e. The van der Waals surface area contributed by atoms with Crippen molar-refractivity contribution in [1.82, 2.24) is 14.5 Å². The third-order valence-corrected chi connectivity index (χ3v) is 4.55. The lowest BCUT2D eigenvalue weighted by atomic mass is 10.1. The molecule has 0 saturated carbocycles.